The average Bonchev–Trinajstić information content (AvgIpc) is 2.84. The Bertz CT molecular complexity index is 466. The number of nitrogens with zero attached hydrogens (tertiary/aromatic N) is 1. The molecule has 0 spiro atoms. The molecule has 1 aromatic carbocycles. The summed E-state index contributed by atoms with van der Waals surface area (Å²) in [5.41, 5.74) is 8.92. The first kappa shape index (κ1) is 13.1. The highest BCUT2D eigenvalue weighted by atomic mass is 16.2. The van der Waals surface area contributed by atoms with Gasteiger partial charge in [0.25, 0.3) is 5.91 Å². The maximum atomic E-state index is 12.4. The van der Waals surface area contributed by atoms with Gasteiger partial charge in [-0.1, -0.05) is 6.07 Å². The number of aryl methyl sites for hydroxylation is 2. The summed E-state index contributed by atoms with van der Waals surface area (Å²) in [6.45, 7) is 4.43. The van der Waals surface area contributed by atoms with Crippen molar-refractivity contribution in [2.45, 2.75) is 38.6 Å². The number of carbonyl (C=O) groups excluding carboxylic acids is 1. The van der Waals surface area contributed by atoms with E-state index < -0.39 is 0 Å². The first-order valence-electron chi connectivity index (χ1n) is 6.56. The Kier molecular flexibility index (Phi) is 3.44. The van der Waals surface area contributed by atoms with Crippen LogP contribution in [0, 0.1) is 0 Å². The van der Waals surface area contributed by atoms with Crippen LogP contribution >= 0.6 is 0 Å². The van der Waals surface area contributed by atoms with Crippen molar-refractivity contribution in [2.24, 2.45) is 5.73 Å². The van der Waals surface area contributed by atoms with Crippen molar-refractivity contribution >= 4 is 5.91 Å². The van der Waals surface area contributed by atoms with Gasteiger partial charge in [0, 0.05) is 24.7 Å². The summed E-state index contributed by atoms with van der Waals surface area (Å²) in [5.74, 6) is 0.0557. The summed E-state index contributed by atoms with van der Waals surface area (Å²) < 4.78 is 0. The molecular formula is C15H22N2O. The van der Waals surface area contributed by atoms with Crippen LogP contribution in [0.4, 0.5) is 0 Å². The van der Waals surface area contributed by atoms with Gasteiger partial charge in [-0.3, -0.25) is 4.79 Å². The maximum absolute atomic E-state index is 12.4. The molecule has 0 unspecified atom stereocenters. The molecule has 0 heterocycles. The second kappa shape index (κ2) is 4.73. The molecule has 0 saturated heterocycles. The zero-order valence-electron chi connectivity index (χ0n) is 11.5. The van der Waals surface area contributed by atoms with Crippen molar-refractivity contribution < 1.29 is 4.79 Å². The molecule has 1 amide bonds. The number of hydrogen-bond acceptors (Lipinski definition) is 2. The van der Waals surface area contributed by atoms with E-state index in [0.717, 1.165) is 18.4 Å². The number of fused-ring (bicyclic) bond motifs is 1. The monoisotopic (exact) mass is 246 g/mol. The van der Waals surface area contributed by atoms with Gasteiger partial charge in [0.15, 0.2) is 0 Å². The van der Waals surface area contributed by atoms with E-state index >= 15 is 0 Å². The maximum Gasteiger partial charge on any atom is 0.254 e. The van der Waals surface area contributed by atoms with Crippen molar-refractivity contribution in [3.63, 3.8) is 0 Å². The molecular weight excluding hydrogens is 224 g/mol. The molecule has 0 saturated carbocycles. The van der Waals surface area contributed by atoms with Crippen molar-refractivity contribution in [2.75, 3.05) is 13.6 Å². The Morgan fingerprint density at radius 3 is 2.67 bits per heavy atom. The van der Waals surface area contributed by atoms with Crippen LogP contribution in [0.25, 0.3) is 0 Å². The number of rotatable bonds is 3. The van der Waals surface area contributed by atoms with Crippen molar-refractivity contribution in [1.29, 1.82) is 0 Å². The molecule has 3 heteroatoms. The second-order valence-electron chi connectivity index (χ2n) is 5.72. The van der Waals surface area contributed by atoms with E-state index in [9.17, 15) is 4.79 Å². The van der Waals surface area contributed by atoms with Gasteiger partial charge in [0.1, 0.15) is 0 Å². The highest BCUT2D eigenvalue weighted by Gasteiger charge is 2.27. The molecule has 18 heavy (non-hydrogen) atoms. The van der Waals surface area contributed by atoms with Crippen molar-refractivity contribution in [1.82, 2.24) is 4.90 Å². The summed E-state index contributed by atoms with van der Waals surface area (Å²) >= 11 is 0. The highest BCUT2D eigenvalue weighted by molar-refractivity contribution is 5.94. The molecule has 2 rings (SSSR count). The lowest BCUT2D eigenvalue weighted by molar-refractivity contribution is 0.0640. The predicted molar refractivity (Wildman–Crippen MR) is 73.7 cm³/mol. The summed E-state index contributed by atoms with van der Waals surface area (Å²) in [4.78, 5) is 14.2. The molecule has 2 N–H and O–H groups in total. The first-order valence-corrected chi connectivity index (χ1v) is 6.56. The fourth-order valence-electron chi connectivity index (χ4n) is 2.31. The zero-order chi connectivity index (χ0) is 13.3. The number of hydrogen-bond donors (Lipinski definition) is 1. The summed E-state index contributed by atoms with van der Waals surface area (Å²) in [5, 5.41) is 0. The van der Waals surface area contributed by atoms with Gasteiger partial charge in [-0.15, -0.1) is 0 Å². The number of likely N-dealkylation sites (N-methyl/N-ethyl adjacent to an activating group) is 1. The Morgan fingerprint density at radius 2 is 2.00 bits per heavy atom. The Morgan fingerprint density at radius 1 is 1.33 bits per heavy atom. The third kappa shape index (κ3) is 2.27. The Balaban J connectivity index is 2.24. The van der Waals surface area contributed by atoms with Crippen molar-refractivity contribution in [3.8, 4) is 0 Å². The van der Waals surface area contributed by atoms with E-state index in [1.54, 1.807) is 4.90 Å². The summed E-state index contributed by atoms with van der Waals surface area (Å²) in [6.07, 6.45) is 3.45. The Hall–Kier alpha value is -1.35. The number of amides is 1. The van der Waals surface area contributed by atoms with Crippen molar-refractivity contribution in [3.05, 3.63) is 34.9 Å². The van der Waals surface area contributed by atoms with Crippen LogP contribution < -0.4 is 5.73 Å². The molecule has 0 fully saturated rings. The third-order valence-electron chi connectivity index (χ3n) is 4.06. The Labute approximate surface area is 109 Å². The number of nitrogens with two attached hydrogens (primary N) is 1. The molecule has 1 aliphatic carbocycles. The van der Waals surface area contributed by atoms with E-state index in [-0.39, 0.29) is 11.4 Å². The molecule has 98 valence electrons. The SMILES string of the molecule is CN(C(=O)c1ccc2c(c1)CCC2)C(C)(C)CN. The fourth-order valence-corrected chi connectivity index (χ4v) is 2.31. The largest absolute Gasteiger partial charge is 0.335 e. The van der Waals surface area contributed by atoms with Crippen LogP contribution in [-0.4, -0.2) is 29.9 Å². The molecule has 1 aromatic rings. The lowest BCUT2D eigenvalue weighted by atomic mass is 10.0. The minimum Gasteiger partial charge on any atom is -0.335 e. The normalized spacial score (nSPS) is 14.4. The molecule has 0 radical (unpaired) electrons. The molecule has 0 aromatic heterocycles. The summed E-state index contributed by atoms with van der Waals surface area (Å²) in [6, 6.07) is 6.09. The van der Waals surface area contributed by atoms with E-state index in [1.165, 1.54) is 17.5 Å². The van der Waals surface area contributed by atoms with E-state index in [1.807, 2.05) is 33.0 Å². The van der Waals surface area contributed by atoms with Gasteiger partial charge in [-0.25, -0.2) is 0 Å². The van der Waals surface area contributed by atoms with Gasteiger partial charge in [0.2, 0.25) is 0 Å². The van der Waals surface area contributed by atoms with E-state index in [2.05, 4.69) is 6.07 Å². The molecule has 0 aliphatic heterocycles. The minimum absolute atomic E-state index is 0.0557. The quantitative estimate of drug-likeness (QED) is 0.886. The lowest BCUT2D eigenvalue weighted by Crippen LogP contribution is -2.50. The smallest absolute Gasteiger partial charge is 0.254 e. The standard InChI is InChI=1S/C15H22N2O/c1-15(2,10-16)17(3)14(18)13-8-7-11-5-4-6-12(11)9-13/h7-9H,4-6,10,16H2,1-3H3. The molecule has 1 aliphatic rings. The number of benzene rings is 1. The lowest BCUT2D eigenvalue weighted by Gasteiger charge is -2.34. The van der Waals surface area contributed by atoms with Crippen LogP contribution in [0.2, 0.25) is 0 Å². The first-order chi connectivity index (χ1) is 8.45. The topological polar surface area (TPSA) is 46.3 Å². The number of carbonyl (C=O) groups is 1. The van der Waals surface area contributed by atoms with Crippen LogP contribution in [0.3, 0.4) is 0 Å². The van der Waals surface area contributed by atoms with E-state index in [0.29, 0.717) is 6.54 Å². The van der Waals surface area contributed by atoms with Crippen LogP contribution in [0.5, 0.6) is 0 Å². The molecule has 0 bridgehead atoms. The highest BCUT2D eigenvalue weighted by Crippen LogP contribution is 2.24. The van der Waals surface area contributed by atoms with E-state index in [4.69, 9.17) is 5.73 Å². The molecule has 0 atom stereocenters. The zero-order valence-corrected chi connectivity index (χ0v) is 11.5. The van der Waals surface area contributed by atoms with Gasteiger partial charge in [-0.05, 0) is 56.4 Å². The van der Waals surface area contributed by atoms with Crippen LogP contribution in [-0.2, 0) is 12.8 Å². The summed E-state index contributed by atoms with van der Waals surface area (Å²) in [7, 11) is 1.82. The fraction of sp³-hybridized carbons (Fsp3) is 0.533. The van der Waals surface area contributed by atoms with Crippen LogP contribution in [0.1, 0.15) is 41.8 Å². The minimum atomic E-state index is -0.309. The van der Waals surface area contributed by atoms with Gasteiger partial charge in [0.05, 0.1) is 0 Å². The van der Waals surface area contributed by atoms with Gasteiger partial charge in [-0.2, -0.15) is 0 Å². The van der Waals surface area contributed by atoms with Gasteiger partial charge >= 0.3 is 0 Å². The van der Waals surface area contributed by atoms with Gasteiger partial charge < -0.3 is 10.6 Å². The average molecular weight is 246 g/mol. The second-order valence-corrected chi connectivity index (χ2v) is 5.72. The van der Waals surface area contributed by atoms with Crippen LogP contribution in [0.15, 0.2) is 18.2 Å². The molecule has 3 nitrogen and oxygen atoms in total. The third-order valence-corrected chi connectivity index (χ3v) is 4.06. The predicted octanol–water partition coefficient (Wildman–Crippen LogP) is 1.98.